The minimum atomic E-state index is -4.23. The fourth-order valence-corrected chi connectivity index (χ4v) is 2.01. The predicted octanol–water partition coefficient (Wildman–Crippen LogP) is 0.783. The van der Waals surface area contributed by atoms with Crippen LogP contribution in [0.4, 0.5) is 0 Å². The molecule has 0 fully saturated rings. The lowest BCUT2D eigenvalue weighted by atomic mass is 10.2. The third kappa shape index (κ3) is 13.2. The largest absolute Gasteiger partial charge is 0.748 e. The smallest absolute Gasteiger partial charge is 0.0946 e. The van der Waals surface area contributed by atoms with Crippen molar-refractivity contribution in [3.63, 3.8) is 0 Å². The minimum Gasteiger partial charge on any atom is -0.748 e. The molecular formula is C13H27O7S-. The maximum absolute atomic E-state index is 10.7. The molecule has 0 aliphatic carbocycles. The molecule has 0 aromatic rings. The third-order valence-corrected chi connectivity index (χ3v) is 3.73. The number of hydrogen-bond acceptors (Lipinski definition) is 7. The molecule has 0 saturated heterocycles. The Morgan fingerprint density at radius 2 is 1.57 bits per heavy atom. The zero-order valence-corrected chi connectivity index (χ0v) is 14.1. The quantitative estimate of drug-likeness (QED) is 0.364. The molecule has 0 aliphatic heterocycles. The zero-order chi connectivity index (χ0) is 16.3. The monoisotopic (exact) mass is 327 g/mol. The van der Waals surface area contributed by atoms with Gasteiger partial charge in [0.1, 0.15) is 0 Å². The Morgan fingerprint density at radius 1 is 1.00 bits per heavy atom. The number of rotatable bonds is 13. The summed E-state index contributed by atoms with van der Waals surface area (Å²) in [6.07, 6.45) is 0.239. The van der Waals surface area contributed by atoms with E-state index in [4.69, 9.17) is 18.9 Å². The second-order valence-electron chi connectivity index (χ2n) is 4.96. The average molecular weight is 327 g/mol. The first kappa shape index (κ1) is 20.8. The molecule has 7 nitrogen and oxygen atoms in total. The molecule has 0 N–H and O–H groups in total. The van der Waals surface area contributed by atoms with Crippen LogP contribution >= 0.6 is 0 Å². The highest BCUT2D eigenvalue weighted by Gasteiger charge is 2.13. The molecule has 128 valence electrons. The van der Waals surface area contributed by atoms with Gasteiger partial charge in [-0.15, -0.1) is 0 Å². The van der Waals surface area contributed by atoms with E-state index in [0.717, 1.165) is 0 Å². The van der Waals surface area contributed by atoms with Crippen molar-refractivity contribution in [3.8, 4) is 0 Å². The molecule has 0 radical (unpaired) electrons. The summed E-state index contributed by atoms with van der Waals surface area (Å²) < 4.78 is 53.2. The second kappa shape index (κ2) is 11.3. The van der Waals surface area contributed by atoms with Crippen molar-refractivity contribution >= 4 is 10.1 Å². The van der Waals surface area contributed by atoms with Gasteiger partial charge in [0.25, 0.3) is 0 Å². The van der Waals surface area contributed by atoms with Crippen LogP contribution in [0, 0.1) is 0 Å². The number of ether oxygens (including phenoxy) is 4. The Hall–Kier alpha value is -0.250. The first-order valence-corrected chi connectivity index (χ1v) is 8.54. The predicted molar refractivity (Wildman–Crippen MR) is 77.3 cm³/mol. The van der Waals surface area contributed by atoms with Crippen LogP contribution < -0.4 is 0 Å². The molecule has 3 unspecified atom stereocenters. The topological polar surface area (TPSA) is 94.1 Å². The van der Waals surface area contributed by atoms with Crippen LogP contribution in [0.1, 0.15) is 26.7 Å². The first-order chi connectivity index (χ1) is 9.78. The minimum absolute atomic E-state index is 0.0000911. The van der Waals surface area contributed by atoms with Crippen molar-refractivity contribution in [2.24, 2.45) is 0 Å². The van der Waals surface area contributed by atoms with Gasteiger partial charge in [-0.05, 0) is 26.7 Å². The average Bonchev–Trinajstić information content (AvgIpc) is 2.43. The van der Waals surface area contributed by atoms with Crippen LogP contribution in [0.3, 0.4) is 0 Å². The van der Waals surface area contributed by atoms with E-state index in [1.54, 1.807) is 14.2 Å². The SMILES string of the molecule is COC(C)COCCC(CCS(=O)(=O)[O-])OCC(C)OC. The summed E-state index contributed by atoms with van der Waals surface area (Å²) in [5.74, 6) is -0.437. The second-order valence-corrected chi connectivity index (χ2v) is 6.49. The Balaban J connectivity index is 4.11. The van der Waals surface area contributed by atoms with E-state index >= 15 is 0 Å². The lowest BCUT2D eigenvalue weighted by molar-refractivity contribution is -0.0400. The normalized spacial score (nSPS) is 16.6. The summed E-state index contributed by atoms with van der Waals surface area (Å²) in [6, 6.07) is 0. The van der Waals surface area contributed by atoms with Gasteiger partial charge in [-0.1, -0.05) is 0 Å². The molecule has 3 atom stereocenters. The Labute approximate surface area is 127 Å². The molecular weight excluding hydrogens is 300 g/mol. The fraction of sp³-hybridized carbons (Fsp3) is 1.00. The third-order valence-electron chi connectivity index (χ3n) is 3.00. The van der Waals surface area contributed by atoms with Gasteiger partial charge >= 0.3 is 0 Å². The molecule has 0 aliphatic rings. The Bertz CT molecular complexity index is 344. The van der Waals surface area contributed by atoms with Gasteiger partial charge in [0, 0.05) is 26.6 Å². The van der Waals surface area contributed by atoms with Crippen LogP contribution in [-0.2, 0) is 29.1 Å². The van der Waals surface area contributed by atoms with E-state index < -0.39 is 15.9 Å². The van der Waals surface area contributed by atoms with Gasteiger partial charge in [0.2, 0.25) is 0 Å². The summed E-state index contributed by atoms with van der Waals surface area (Å²) in [7, 11) is -1.06. The van der Waals surface area contributed by atoms with E-state index in [1.807, 2.05) is 13.8 Å². The molecule has 0 rings (SSSR count). The van der Waals surface area contributed by atoms with Gasteiger partial charge in [-0.25, -0.2) is 8.42 Å². The molecule has 0 spiro atoms. The first-order valence-electron chi connectivity index (χ1n) is 6.97. The van der Waals surface area contributed by atoms with Crippen molar-refractivity contribution < 1.29 is 31.9 Å². The van der Waals surface area contributed by atoms with Gasteiger partial charge in [0.05, 0.1) is 41.6 Å². The highest BCUT2D eigenvalue weighted by atomic mass is 32.2. The van der Waals surface area contributed by atoms with Crippen LogP contribution in [0.2, 0.25) is 0 Å². The molecule has 21 heavy (non-hydrogen) atoms. The van der Waals surface area contributed by atoms with Crippen molar-refractivity contribution in [1.82, 2.24) is 0 Å². The van der Waals surface area contributed by atoms with Gasteiger partial charge in [-0.3, -0.25) is 0 Å². The van der Waals surface area contributed by atoms with E-state index in [0.29, 0.717) is 26.2 Å². The fourth-order valence-electron chi connectivity index (χ4n) is 1.46. The molecule has 0 aromatic heterocycles. The van der Waals surface area contributed by atoms with Gasteiger partial charge in [0.15, 0.2) is 0 Å². The van der Waals surface area contributed by atoms with Crippen LogP contribution in [0.15, 0.2) is 0 Å². The molecule has 0 saturated carbocycles. The summed E-state index contributed by atoms with van der Waals surface area (Å²) in [6.45, 7) is 4.95. The molecule has 0 heterocycles. The molecule has 0 amide bonds. The van der Waals surface area contributed by atoms with E-state index in [2.05, 4.69) is 0 Å². The maximum Gasteiger partial charge on any atom is 0.0946 e. The lowest BCUT2D eigenvalue weighted by Gasteiger charge is -2.21. The van der Waals surface area contributed by atoms with E-state index in [1.165, 1.54) is 0 Å². The summed E-state index contributed by atoms with van der Waals surface area (Å²) >= 11 is 0. The Morgan fingerprint density at radius 3 is 2.10 bits per heavy atom. The standard InChI is InChI=1S/C13H28O7S/c1-11(17-3)9-19-7-5-13(6-8-21(14,15)16)20-10-12(2)18-4/h11-13H,5-10H2,1-4H3,(H,14,15,16)/p-1. The maximum atomic E-state index is 10.7. The van der Waals surface area contributed by atoms with Crippen molar-refractivity contribution in [3.05, 3.63) is 0 Å². The number of methoxy groups -OCH3 is 2. The van der Waals surface area contributed by atoms with E-state index in [-0.39, 0.29) is 24.7 Å². The van der Waals surface area contributed by atoms with Crippen molar-refractivity contribution in [2.75, 3.05) is 39.8 Å². The zero-order valence-electron chi connectivity index (χ0n) is 13.2. The molecule has 0 aromatic carbocycles. The van der Waals surface area contributed by atoms with Gasteiger partial charge in [-0.2, -0.15) is 0 Å². The lowest BCUT2D eigenvalue weighted by Crippen LogP contribution is -2.25. The summed E-state index contributed by atoms with van der Waals surface area (Å²) in [4.78, 5) is 0. The van der Waals surface area contributed by atoms with Crippen LogP contribution in [-0.4, -0.2) is 71.1 Å². The highest BCUT2D eigenvalue weighted by molar-refractivity contribution is 7.85. The van der Waals surface area contributed by atoms with Crippen LogP contribution in [0.5, 0.6) is 0 Å². The summed E-state index contributed by atoms with van der Waals surface area (Å²) in [5, 5.41) is 0. The molecule has 0 bridgehead atoms. The van der Waals surface area contributed by atoms with Gasteiger partial charge < -0.3 is 23.5 Å². The molecule has 8 heteroatoms. The summed E-state index contributed by atoms with van der Waals surface area (Å²) in [5.41, 5.74) is 0. The van der Waals surface area contributed by atoms with Crippen molar-refractivity contribution in [2.45, 2.75) is 45.0 Å². The number of hydrogen-bond donors (Lipinski definition) is 0. The van der Waals surface area contributed by atoms with Crippen molar-refractivity contribution in [1.29, 1.82) is 0 Å². The van der Waals surface area contributed by atoms with Crippen LogP contribution in [0.25, 0.3) is 0 Å². The highest BCUT2D eigenvalue weighted by Crippen LogP contribution is 2.08. The Kier molecular flexibility index (Phi) is 11.2. The van der Waals surface area contributed by atoms with E-state index in [9.17, 15) is 13.0 Å².